The summed E-state index contributed by atoms with van der Waals surface area (Å²) < 4.78 is 5.32. The Labute approximate surface area is 104 Å². The van der Waals surface area contributed by atoms with Gasteiger partial charge in [-0.1, -0.05) is 13.8 Å². The number of nitrogens with one attached hydrogen (secondary N) is 1. The Morgan fingerprint density at radius 2 is 2.00 bits per heavy atom. The minimum Gasteiger partial charge on any atom is -0.379 e. The minimum absolute atomic E-state index is 0.312. The number of morpholine rings is 1. The fourth-order valence-corrected chi connectivity index (χ4v) is 2.34. The SMILES string of the molecule is CC(C)(CCCl)CNCCN1CCOCC1. The molecule has 4 heteroatoms. The van der Waals surface area contributed by atoms with E-state index in [4.69, 9.17) is 16.3 Å². The van der Waals surface area contributed by atoms with E-state index in [-0.39, 0.29) is 0 Å². The molecule has 16 heavy (non-hydrogen) atoms. The minimum atomic E-state index is 0.312. The Balaban J connectivity index is 2.02. The second kappa shape index (κ2) is 7.49. The van der Waals surface area contributed by atoms with Crippen LogP contribution in [0.4, 0.5) is 0 Å². The van der Waals surface area contributed by atoms with E-state index in [2.05, 4.69) is 24.1 Å². The third-order valence-corrected chi connectivity index (χ3v) is 3.27. The van der Waals surface area contributed by atoms with Gasteiger partial charge in [0, 0.05) is 38.6 Å². The van der Waals surface area contributed by atoms with Crippen molar-refractivity contribution in [2.75, 3.05) is 51.8 Å². The summed E-state index contributed by atoms with van der Waals surface area (Å²) in [5.41, 5.74) is 0.312. The zero-order valence-electron chi connectivity index (χ0n) is 10.6. The molecule has 96 valence electrons. The van der Waals surface area contributed by atoms with Crippen molar-refractivity contribution < 1.29 is 4.74 Å². The van der Waals surface area contributed by atoms with E-state index >= 15 is 0 Å². The van der Waals surface area contributed by atoms with Crippen LogP contribution >= 0.6 is 11.6 Å². The second-order valence-electron chi connectivity index (χ2n) is 5.23. The van der Waals surface area contributed by atoms with Gasteiger partial charge in [0.25, 0.3) is 0 Å². The van der Waals surface area contributed by atoms with E-state index in [0.717, 1.165) is 58.2 Å². The van der Waals surface area contributed by atoms with E-state index in [1.165, 1.54) is 0 Å². The molecule has 0 aromatic carbocycles. The van der Waals surface area contributed by atoms with Gasteiger partial charge in [-0.05, 0) is 11.8 Å². The zero-order chi connectivity index (χ0) is 11.9. The molecule has 1 N–H and O–H groups in total. The van der Waals surface area contributed by atoms with Gasteiger partial charge < -0.3 is 10.1 Å². The average molecular weight is 249 g/mol. The van der Waals surface area contributed by atoms with Gasteiger partial charge in [-0.3, -0.25) is 4.90 Å². The molecule has 1 fully saturated rings. The topological polar surface area (TPSA) is 24.5 Å². The van der Waals surface area contributed by atoms with Gasteiger partial charge in [0.05, 0.1) is 13.2 Å². The van der Waals surface area contributed by atoms with Crippen molar-refractivity contribution in [3.8, 4) is 0 Å². The highest BCUT2D eigenvalue weighted by molar-refractivity contribution is 6.17. The lowest BCUT2D eigenvalue weighted by Gasteiger charge is -2.28. The fourth-order valence-electron chi connectivity index (χ4n) is 1.83. The first-order chi connectivity index (χ1) is 7.64. The maximum atomic E-state index is 5.77. The Hall–Kier alpha value is 0.170. The van der Waals surface area contributed by atoms with E-state index < -0.39 is 0 Å². The fraction of sp³-hybridized carbons (Fsp3) is 1.00. The standard InChI is InChI=1S/C12H25ClN2O/c1-12(2,3-4-13)11-14-5-6-15-7-9-16-10-8-15/h14H,3-11H2,1-2H3. The largest absolute Gasteiger partial charge is 0.379 e. The summed E-state index contributed by atoms with van der Waals surface area (Å²) in [4.78, 5) is 2.45. The molecule has 1 rings (SSSR count). The third kappa shape index (κ3) is 6.04. The Kier molecular flexibility index (Phi) is 6.66. The van der Waals surface area contributed by atoms with Crippen LogP contribution in [0.2, 0.25) is 0 Å². The molecular weight excluding hydrogens is 224 g/mol. The molecule has 1 heterocycles. The predicted molar refractivity (Wildman–Crippen MR) is 69.2 cm³/mol. The molecular formula is C12H25ClN2O. The molecule has 1 saturated heterocycles. The van der Waals surface area contributed by atoms with Crippen molar-refractivity contribution in [2.24, 2.45) is 5.41 Å². The van der Waals surface area contributed by atoms with Gasteiger partial charge in [0.2, 0.25) is 0 Å². The molecule has 0 saturated carbocycles. The maximum Gasteiger partial charge on any atom is 0.0594 e. The first kappa shape index (κ1) is 14.2. The molecule has 0 atom stereocenters. The van der Waals surface area contributed by atoms with Crippen LogP contribution < -0.4 is 5.32 Å². The molecule has 0 unspecified atom stereocenters. The van der Waals surface area contributed by atoms with Crippen LogP contribution in [0.1, 0.15) is 20.3 Å². The molecule has 0 amide bonds. The molecule has 0 radical (unpaired) electrons. The summed E-state index contributed by atoms with van der Waals surface area (Å²) >= 11 is 5.77. The number of rotatable bonds is 7. The number of alkyl halides is 1. The van der Waals surface area contributed by atoms with Crippen LogP contribution in [0.15, 0.2) is 0 Å². The van der Waals surface area contributed by atoms with Crippen LogP contribution in [0.5, 0.6) is 0 Å². The first-order valence-corrected chi connectivity index (χ1v) is 6.74. The molecule has 1 aliphatic heterocycles. The Morgan fingerprint density at radius 1 is 1.31 bits per heavy atom. The quantitative estimate of drug-likeness (QED) is 0.547. The van der Waals surface area contributed by atoms with Crippen LogP contribution in [0, 0.1) is 5.41 Å². The van der Waals surface area contributed by atoms with Crippen LogP contribution in [-0.2, 0) is 4.74 Å². The Bertz CT molecular complexity index is 182. The highest BCUT2D eigenvalue weighted by Gasteiger charge is 2.16. The Morgan fingerprint density at radius 3 is 2.62 bits per heavy atom. The molecule has 0 bridgehead atoms. The molecule has 3 nitrogen and oxygen atoms in total. The normalized spacial score (nSPS) is 18.9. The lowest BCUT2D eigenvalue weighted by molar-refractivity contribution is 0.0382. The third-order valence-electron chi connectivity index (χ3n) is 3.08. The molecule has 0 aromatic rings. The van der Waals surface area contributed by atoms with Gasteiger partial charge >= 0.3 is 0 Å². The monoisotopic (exact) mass is 248 g/mol. The number of hydrogen-bond acceptors (Lipinski definition) is 3. The van der Waals surface area contributed by atoms with Gasteiger partial charge in [-0.15, -0.1) is 11.6 Å². The average Bonchev–Trinajstić information content (AvgIpc) is 2.26. The highest BCUT2D eigenvalue weighted by atomic mass is 35.5. The lowest BCUT2D eigenvalue weighted by atomic mass is 9.90. The molecule has 0 aliphatic carbocycles. The van der Waals surface area contributed by atoms with Crippen LogP contribution in [-0.4, -0.2) is 56.7 Å². The van der Waals surface area contributed by atoms with Crippen LogP contribution in [0.3, 0.4) is 0 Å². The summed E-state index contributed by atoms with van der Waals surface area (Å²) in [6.45, 7) is 11.7. The van der Waals surface area contributed by atoms with Crippen molar-refractivity contribution in [1.29, 1.82) is 0 Å². The summed E-state index contributed by atoms with van der Waals surface area (Å²) in [5, 5.41) is 3.52. The van der Waals surface area contributed by atoms with Crippen molar-refractivity contribution in [3.05, 3.63) is 0 Å². The lowest BCUT2D eigenvalue weighted by Crippen LogP contribution is -2.41. The van der Waals surface area contributed by atoms with E-state index in [9.17, 15) is 0 Å². The zero-order valence-corrected chi connectivity index (χ0v) is 11.4. The second-order valence-corrected chi connectivity index (χ2v) is 5.61. The van der Waals surface area contributed by atoms with Crippen molar-refractivity contribution in [2.45, 2.75) is 20.3 Å². The molecule has 0 aromatic heterocycles. The number of hydrogen-bond donors (Lipinski definition) is 1. The van der Waals surface area contributed by atoms with Gasteiger partial charge in [-0.2, -0.15) is 0 Å². The van der Waals surface area contributed by atoms with Crippen molar-refractivity contribution in [3.63, 3.8) is 0 Å². The number of nitrogens with zero attached hydrogens (tertiary/aromatic N) is 1. The van der Waals surface area contributed by atoms with Gasteiger partial charge in [0.15, 0.2) is 0 Å². The van der Waals surface area contributed by atoms with Gasteiger partial charge in [-0.25, -0.2) is 0 Å². The highest BCUT2D eigenvalue weighted by Crippen LogP contribution is 2.19. The van der Waals surface area contributed by atoms with Gasteiger partial charge in [0.1, 0.15) is 0 Å². The predicted octanol–water partition coefficient (Wildman–Crippen LogP) is 1.56. The number of halogens is 1. The van der Waals surface area contributed by atoms with Crippen molar-refractivity contribution >= 4 is 11.6 Å². The van der Waals surface area contributed by atoms with E-state index in [0.29, 0.717) is 5.41 Å². The maximum absolute atomic E-state index is 5.77. The summed E-state index contributed by atoms with van der Waals surface area (Å²) in [5.74, 6) is 0.748. The smallest absolute Gasteiger partial charge is 0.0594 e. The summed E-state index contributed by atoms with van der Waals surface area (Å²) in [6.07, 6.45) is 1.07. The first-order valence-electron chi connectivity index (χ1n) is 6.21. The molecule has 1 aliphatic rings. The van der Waals surface area contributed by atoms with Crippen molar-refractivity contribution in [1.82, 2.24) is 10.2 Å². The van der Waals surface area contributed by atoms with E-state index in [1.807, 2.05) is 0 Å². The summed E-state index contributed by atoms with van der Waals surface area (Å²) in [6, 6.07) is 0. The van der Waals surface area contributed by atoms with Crippen LogP contribution in [0.25, 0.3) is 0 Å². The number of ether oxygens (including phenoxy) is 1. The van der Waals surface area contributed by atoms with E-state index in [1.54, 1.807) is 0 Å². The summed E-state index contributed by atoms with van der Waals surface area (Å²) in [7, 11) is 0. The molecule has 0 spiro atoms.